The van der Waals surface area contributed by atoms with Gasteiger partial charge in [-0.25, -0.2) is 13.6 Å². The average Bonchev–Trinajstić information content (AvgIpc) is 2.39. The highest BCUT2D eigenvalue weighted by Crippen LogP contribution is 2.20. The van der Waals surface area contributed by atoms with Gasteiger partial charge >= 0.3 is 0 Å². The first kappa shape index (κ1) is 17.6. The van der Waals surface area contributed by atoms with E-state index in [2.05, 4.69) is 0 Å². The highest BCUT2D eigenvalue weighted by atomic mass is 32.2. The Morgan fingerprint density at radius 2 is 1.95 bits per heavy atom. The fraction of sp³-hybridized carbons (Fsp3) is 0.500. The minimum Gasteiger partial charge on any atom is -0.385 e. The molecule has 0 unspecified atom stereocenters. The van der Waals surface area contributed by atoms with Crippen LogP contribution in [0.4, 0.5) is 0 Å². The van der Waals surface area contributed by atoms with E-state index < -0.39 is 10.0 Å². The molecule has 118 valence electrons. The Bertz CT molecular complexity index is 626. The van der Waals surface area contributed by atoms with Crippen molar-refractivity contribution in [3.05, 3.63) is 28.8 Å². The van der Waals surface area contributed by atoms with Crippen LogP contribution in [0.1, 0.15) is 27.9 Å². The normalized spacial score (nSPS) is 11.5. The number of ether oxygens (including phenoxy) is 1. The molecule has 0 bridgehead atoms. The number of rotatable bonds is 6. The molecule has 1 aromatic rings. The van der Waals surface area contributed by atoms with Crippen LogP contribution < -0.4 is 5.14 Å². The van der Waals surface area contributed by atoms with Crippen molar-refractivity contribution in [1.29, 1.82) is 0 Å². The lowest BCUT2D eigenvalue weighted by Gasteiger charge is -2.19. The van der Waals surface area contributed by atoms with Gasteiger partial charge in [-0.1, -0.05) is 0 Å². The summed E-state index contributed by atoms with van der Waals surface area (Å²) in [6.45, 7) is 4.64. The van der Waals surface area contributed by atoms with Gasteiger partial charge in [0.05, 0.1) is 4.90 Å². The Balaban J connectivity index is 3.11. The number of carbonyl (C=O) groups is 1. The molecule has 7 heteroatoms. The monoisotopic (exact) mass is 314 g/mol. The van der Waals surface area contributed by atoms with Gasteiger partial charge in [0.15, 0.2) is 0 Å². The van der Waals surface area contributed by atoms with Crippen molar-refractivity contribution in [2.45, 2.75) is 25.2 Å². The molecule has 0 heterocycles. The summed E-state index contributed by atoms with van der Waals surface area (Å²) in [7, 11) is -0.556. The van der Waals surface area contributed by atoms with Crippen LogP contribution >= 0.6 is 0 Å². The largest absolute Gasteiger partial charge is 0.385 e. The number of nitrogens with zero attached hydrogens (tertiary/aromatic N) is 1. The van der Waals surface area contributed by atoms with Crippen LogP contribution in [-0.4, -0.2) is 46.5 Å². The van der Waals surface area contributed by atoms with Crippen molar-refractivity contribution in [3.63, 3.8) is 0 Å². The van der Waals surface area contributed by atoms with Crippen molar-refractivity contribution in [3.8, 4) is 0 Å². The van der Waals surface area contributed by atoms with Crippen LogP contribution in [0, 0.1) is 13.8 Å². The van der Waals surface area contributed by atoms with Crippen molar-refractivity contribution in [1.82, 2.24) is 4.90 Å². The van der Waals surface area contributed by atoms with Crippen LogP contribution in [0.15, 0.2) is 17.0 Å². The summed E-state index contributed by atoms with van der Waals surface area (Å²) in [5.74, 6) is -0.225. The zero-order valence-corrected chi connectivity index (χ0v) is 13.7. The van der Waals surface area contributed by atoms with E-state index in [-0.39, 0.29) is 10.8 Å². The summed E-state index contributed by atoms with van der Waals surface area (Å²) in [6.07, 6.45) is 0.714. The zero-order chi connectivity index (χ0) is 16.2. The lowest BCUT2D eigenvalue weighted by molar-refractivity contribution is 0.0778. The SMILES string of the molecule is COCCCN(C)C(=O)c1cc(S(N)(=O)=O)cc(C)c1C. The third kappa shape index (κ3) is 4.52. The highest BCUT2D eigenvalue weighted by molar-refractivity contribution is 7.89. The lowest BCUT2D eigenvalue weighted by Crippen LogP contribution is -2.29. The maximum absolute atomic E-state index is 12.4. The number of benzene rings is 1. The molecule has 2 N–H and O–H groups in total. The van der Waals surface area contributed by atoms with Crippen molar-refractivity contribution in [2.75, 3.05) is 27.3 Å². The Kier molecular flexibility index (Phi) is 5.88. The first-order valence-corrected chi connectivity index (χ1v) is 8.11. The predicted molar refractivity (Wildman–Crippen MR) is 80.7 cm³/mol. The summed E-state index contributed by atoms with van der Waals surface area (Å²) >= 11 is 0. The Morgan fingerprint density at radius 3 is 2.48 bits per heavy atom. The first-order valence-electron chi connectivity index (χ1n) is 6.57. The Morgan fingerprint density at radius 1 is 1.33 bits per heavy atom. The first-order chi connectivity index (χ1) is 9.68. The molecule has 6 nitrogen and oxygen atoms in total. The Labute approximate surface area is 125 Å². The van der Waals surface area contributed by atoms with Gasteiger partial charge in [-0.05, 0) is 43.5 Å². The molecular weight excluding hydrogens is 292 g/mol. The molecule has 0 radical (unpaired) electrons. The maximum atomic E-state index is 12.4. The summed E-state index contributed by atoms with van der Waals surface area (Å²) in [6, 6.07) is 2.82. The minimum atomic E-state index is -3.84. The van der Waals surface area contributed by atoms with E-state index in [4.69, 9.17) is 9.88 Å². The third-order valence-corrected chi connectivity index (χ3v) is 4.28. The molecule has 1 aromatic carbocycles. The van der Waals surface area contributed by atoms with Gasteiger partial charge in [-0.3, -0.25) is 4.79 Å². The van der Waals surface area contributed by atoms with E-state index in [0.29, 0.717) is 25.1 Å². The van der Waals surface area contributed by atoms with Gasteiger partial charge in [-0.15, -0.1) is 0 Å². The van der Waals surface area contributed by atoms with Gasteiger partial charge in [0.1, 0.15) is 0 Å². The molecule has 0 atom stereocenters. The Hall–Kier alpha value is -1.44. The van der Waals surface area contributed by atoms with E-state index in [1.54, 1.807) is 32.9 Å². The molecule has 0 aliphatic rings. The van der Waals surface area contributed by atoms with Gasteiger partial charge < -0.3 is 9.64 Å². The van der Waals surface area contributed by atoms with Gasteiger partial charge in [0.2, 0.25) is 10.0 Å². The molecule has 0 saturated carbocycles. The average molecular weight is 314 g/mol. The van der Waals surface area contributed by atoms with Crippen molar-refractivity contribution >= 4 is 15.9 Å². The molecular formula is C14H22N2O4S. The number of carbonyl (C=O) groups excluding carboxylic acids is 1. The number of primary sulfonamides is 1. The summed E-state index contributed by atoms with van der Waals surface area (Å²) in [5.41, 5.74) is 1.83. The second-order valence-corrected chi connectivity index (χ2v) is 6.59. The molecule has 0 aliphatic carbocycles. The maximum Gasteiger partial charge on any atom is 0.253 e. The van der Waals surface area contributed by atoms with Crippen LogP contribution in [0.2, 0.25) is 0 Å². The molecule has 0 fully saturated rings. The molecule has 0 aromatic heterocycles. The van der Waals surface area contributed by atoms with Crippen LogP contribution in [-0.2, 0) is 14.8 Å². The van der Waals surface area contributed by atoms with Crippen LogP contribution in [0.25, 0.3) is 0 Å². The number of sulfonamides is 1. The third-order valence-electron chi connectivity index (χ3n) is 3.39. The van der Waals surface area contributed by atoms with Gasteiger partial charge in [0, 0.05) is 32.9 Å². The molecule has 1 rings (SSSR count). The molecule has 0 aliphatic heterocycles. The minimum absolute atomic E-state index is 0.0424. The highest BCUT2D eigenvalue weighted by Gasteiger charge is 2.19. The smallest absolute Gasteiger partial charge is 0.253 e. The lowest BCUT2D eigenvalue weighted by atomic mass is 10.0. The molecule has 0 saturated heterocycles. The predicted octanol–water partition coefficient (Wildman–Crippen LogP) is 1.06. The number of aryl methyl sites for hydroxylation is 1. The van der Waals surface area contributed by atoms with Gasteiger partial charge in [0.25, 0.3) is 5.91 Å². The van der Waals surface area contributed by atoms with E-state index >= 15 is 0 Å². The number of hydrogen-bond acceptors (Lipinski definition) is 4. The second kappa shape index (κ2) is 7.02. The number of nitrogens with two attached hydrogens (primary N) is 1. The topological polar surface area (TPSA) is 89.7 Å². The van der Waals surface area contributed by atoms with Gasteiger partial charge in [-0.2, -0.15) is 0 Å². The van der Waals surface area contributed by atoms with Crippen molar-refractivity contribution < 1.29 is 17.9 Å². The standard InChI is InChI=1S/C14H22N2O4S/c1-10-8-12(21(15,18)19)9-13(11(10)2)14(17)16(3)6-5-7-20-4/h8-9H,5-7H2,1-4H3,(H2,15,18,19). The van der Waals surface area contributed by atoms with E-state index in [1.807, 2.05) is 0 Å². The van der Waals surface area contributed by atoms with Crippen LogP contribution in [0.5, 0.6) is 0 Å². The fourth-order valence-corrected chi connectivity index (χ4v) is 2.59. The summed E-state index contributed by atoms with van der Waals surface area (Å²) in [5, 5.41) is 5.15. The zero-order valence-electron chi connectivity index (χ0n) is 12.8. The number of hydrogen-bond donors (Lipinski definition) is 1. The van der Waals surface area contributed by atoms with E-state index in [1.165, 1.54) is 12.1 Å². The number of amides is 1. The number of methoxy groups -OCH3 is 1. The van der Waals surface area contributed by atoms with E-state index in [9.17, 15) is 13.2 Å². The molecule has 1 amide bonds. The quantitative estimate of drug-likeness (QED) is 0.795. The summed E-state index contributed by atoms with van der Waals surface area (Å²) < 4.78 is 27.9. The molecule has 0 spiro atoms. The second-order valence-electron chi connectivity index (χ2n) is 5.03. The summed E-state index contributed by atoms with van der Waals surface area (Å²) in [4.78, 5) is 13.9. The molecule has 21 heavy (non-hydrogen) atoms. The van der Waals surface area contributed by atoms with E-state index in [0.717, 1.165) is 11.1 Å². The fourth-order valence-electron chi connectivity index (χ4n) is 1.97. The van der Waals surface area contributed by atoms with Crippen LogP contribution in [0.3, 0.4) is 0 Å². The van der Waals surface area contributed by atoms with Crippen molar-refractivity contribution in [2.24, 2.45) is 5.14 Å².